The Hall–Kier alpha value is -0.380. The lowest BCUT2D eigenvalue weighted by Gasteiger charge is -2.27. The first-order chi connectivity index (χ1) is 6.29. The quantitative estimate of drug-likeness (QED) is 0.522. The first kappa shape index (κ1) is 9.19. The topological polar surface area (TPSA) is 9.49 Å². The van der Waals surface area contributed by atoms with Gasteiger partial charge in [0.25, 0.3) is 0 Å². The van der Waals surface area contributed by atoms with Crippen LogP contribution in [0, 0.1) is 0 Å². The molecule has 2 aliphatic heterocycles. The average molecular weight is 200 g/mol. The van der Waals surface area contributed by atoms with E-state index in [0.29, 0.717) is 0 Å². The van der Waals surface area contributed by atoms with Gasteiger partial charge >= 0.3 is 5.96 Å². The summed E-state index contributed by atoms with van der Waals surface area (Å²) < 4.78 is 2.38. The molecule has 4 heteroatoms. The molecule has 0 aliphatic carbocycles. The third-order valence-electron chi connectivity index (χ3n) is 2.71. The van der Waals surface area contributed by atoms with Crippen molar-refractivity contribution in [3.05, 3.63) is 0 Å². The summed E-state index contributed by atoms with van der Waals surface area (Å²) in [4.78, 5) is 4.87. The van der Waals surface area contributed by atoms with Gasteiger partial charge in [-0.15, -0.1) is 11.8 Å². The second-order valence-corrected chi connectivity index (χ2v) is 4.87. The van der Waals surface area contributed by atoms with Crippen LogP contribution in [-0.4, -0.2) is 65.7 Å². The van der Waals surface area contributed by atoms with Crippen LogP contribution in [0.1, 0.15) is 6.42 Å². The van der Waals surface area contributed by atoms with Gasteiger partial charge in [-0.3, -0.25) is 14.4 Å². The maximum absolute atomic E-state index is 2.49. The van der Waals surface area contributed by atoms with E-state index in [0.717, 1.165) is 0 Å². The molecule has 0 N–H and O–H groups in total. The van der Waals surface area contributed by atoms with Gasteiger partial charge in [-0.2, -0.15) is 0 Å². The Kier molecular flexibility index (Phi) is 2.67. The maximum Gasteiger partial charge on any atom is 0.350 e. The van der Waals surface area contributed by atoms with Gasteiger partial charge in [0, 0.05) is 12.2 Å². The Bertz CT molecular complexity index is 221. The third kappa shape index (κ3) is 1.77. The van der Waals surface area contributed by atoms with Gasteiger partial charge in [-0.05, 0) is 0 Å². The number of guanidine groups is 1. The molecule has 1 fully saturated rings. The summed E-state index contributed by atoms with van der Waals surface area (Å²) in [7, 11) is 4.40. The molecule has 0 spiro atoms. The molecular formula is C9H18N3S+. The second kappa shape index (κ2) is 3.78. The maximum atomic E-state index is 2.49. The number of hydrogen-bond acceptors (Lipinski definition) is 3. The predicted molar refractivity (Wildman–Crippen MR) is 57.3 cm³/mol. The number of rotatable bonds is 0. The standard InChI is InChI=1S/C9H18N3S/c1-10-4-3-5-11(2)9(10)12-6-7-13-8-12/h3-8H2,1-2H3/q+1. The van der Waals surface area contributed by atoms with E-state index < -0.39 is 0 Å². The molecule has 3 nitrogen and oxygen atoms in total. The fourth-order valence-electron chi connectivity index (χ4n) is 2.09. The van der Waals surface area contributed by atoms with Gasteiger partial charge < -0.3 is 0 Å². The van der Waals surface area contributed by atoms with Crippen LogP contribution in [0.2, 0.25) is 0 Å². The fraction of sp³-hybridized carbons (Fsp3) is 0.889. The summed E-state index contributed by atoms with van der Waals surface area (Å²) in [5.41, 5.74) is 0. The minimum absolute atomic E-state index is 1.17. The van der Waals surface area contributed by atoms with E-state index in [1.165, 1.54) is 43.6 Å². The summed E-state index contributed by atoms with van der Waals surface area (Å²) in [5, 5.41) is 0. The van der Waals surface area contributed by atoms with E-state index >= 15 is 0 Å². The fourth-order valence-corrected chi connectivity index (χ4v) is 3.03. The zero-order valence-corrected chi connectivity index (χ0v) is 9.31. The van der Waals surface area contributed by atoms with E-state index in [2.05, 4.69) is 28.5 Å². The van der Waals surface area contributed by atoms with E-state index in [1.807, 2.05) is 11.8 Å². The van der Waals surface area contributed by atoms with E-state index in [1.54, 1.807) is 0 Å². The molecule has 0 atom stereocenters. The van der Waals surface area contributed by atoms with Gasteiger partial charge in [0.05, 0.1) is 33.7 Å². The normalized spacial score (nSPS) is 24.5. The Balaban J connectivity index is 2.16. The van der Waals surface area contributed by atoms with Crippen LogP contribution < -0.4 is 0 Å². The van der Waals surface area contributed by atoms with Crippen molar-refractivity contribution >= 4 is 17.7 Å². The number of hydrogen-bond donors (Lipinski definition) is 0. The monoisotopic (exact) mass is 200 g/mol. The van der Waals surface area contributed by atoms with Crippen LogP contribution in [0.15, 0.2) is 0 Å². The third-order valence-corrected chi connectivity index (χ3v) is 3.67. The molecule has 2 aliphatic rings. The van der Waals surface area contributed by atoms with Crippen molar-refractivity contribution < 1.29 is 4.58 Å². The SMILES string of the molecule is CN1CCC[N+](C)=C1N1CCSC1. The highest BCUT2D eigenvalue weighted by Gasteiger charge is 2.30. The van der Waals surface area contributed by atoms with Crippen molar-refractivity contribution in [2.45, 2.75) is 6.42 Å². The molecule has 0 bridgehead atoms. The van der Waals surface area contributed by atoms with Crippen molar-refractivity contribution in [1.29, 1.82) is 0 Å². The lowest BCUT2D eigenvalue weighted by molar-refractivity contribution is -0.514. The summed E-state index contributed by atoms with van der Waals surface area (Å²) in [6, 6.07) is 0. The van der Waals surface area contributed by atoms with Crippen molar-refractivity contribution in [3.63, 3.8) is 0 Å². The zero-order valence-electron chi connectivity index (χ0n) is 8.49. The van der Waals surface area contributed by atoms with Gasteiger partial charge in [0.1, 0.15) is 5.88 Å². The van der Waals surface area contributed by atoms with Crippen LogP contribution in [-0.2, 0) is 0 Å². The summed E-state index contributed by atoms with van der Waals surface area (Å²) in [6.07, 6.45) is 1.29. The van der Waals surface area contributed by atoms with Crippen LogP contribution in [0.3, 0.4) is 0 Å². The molecule has 0 amide bonds. The molecule has 74 valence electrons. The van der Waals surface area contributed by atoms with Gasteiger partial charge in [0.15, 0.2) is 0 Å². The molecule has 1 saturated heterocycles. The number of thioether (sulfide) groups is 1. The molecule has 0 unspecified atom stereocenters. The molecule has 0 saturated carbocycles. The largest absolute Gasteiger partial charge is 0.350 e. The van der Waals surface area contributed by atoms with Gasteiger partial charge in [-0.1, -0.05) is 0 Å². The van der Waals surface area contributed by atoms with Gasteiger partial charge in [-0.25, -0.2) is 0 Å². The average Bonchev–Trinajstić information content (AvgIpc) is 2.57. The highest BCUT2D eigenvalue weighted by Crippen LogP contribution is 2.16. The molecule has 2 rings (SSSR count). The summed E-state index contributed by atoms with van der Waals surface area (Å²) in [5.74, 6) is 3.88. The lowest BCUT2D eigenvalue weighted by Crippen LogP contribution is -2.50. The Morgan fingerprint density at radius 1 is 1.38 bits per heavy atom. The molecule has 2 heterocycles. The molecule has 0 aromatic rings. The molecular weight excluding hydrogens is 182 g/mol. The van der Waals surface area contributed by atoms with Crippen LogP contribution in [0.4, 0.5) is 0 Å². The lowest BCUT2D eigenvalue weighted by atomic mass is 10.3. The Labute approximate surface area is 84.4 Å². The van der Waals surface area contributed by atoms with E-state index in [4.69, 9.17) is 0 Å². The van der Waals surface area contributed by atoms with Crippen LogP contribution >= 0.6 is 11.8 Å². The van der Waals surface area contributed by atoms with Gasteiger partial charge in [0.2, 0.25) is 0 Å². The minimum Gasteiger partial charge on any atom is -0.267 e. The number of nitrogens with zero attached hydrogens (tertiary/aromatic N) is 3. The van der Waals surface area contributed by atoms with E-state index in [9.17, 15) is 0 Å². The minimum atomic E-state index is 1.17. The zero-order chi connectivity index (χ0) is 9.26. The summed E-state index contributed by atoms with van der Waals surface area (Å²) >= 11 is 2.03. The van der Waals surface area contributed by atoms with Crippen molar-refractivity contribution in [2.24, 2.45) is 0 Å². The molecule has 0 radical (unpaired) electrons. The first-order valence-electron chi connectivity index (χ1n) is 4.91. The van der Waals surface area contributed by atoms with E-state index in [-0.39, 0.29) is 0 Å². The highest BCUT2D eigenvalue weighted by atomic mass is 32.2. The Morgan fingerprint density at radius 3 is 2.85 bits per heavy atom. The highest BCUT2D eigenvalue weighted by molar-refractivity contribution is 7.99. The molecule has 0 aromatic carbocycles. The van der Waals surface area contributed by atoms with Crippen LogP contribution in [0.5, 0.6) is 0 Å². The first-order valence-corrected chi connectivity index (χ1v) is 6.06. The smallest absolute Gasteiger partial charge is 0.267 e. The van der Waals surface area contributed by atoms with Crippen molar-refractivity contribution in [3.8, 4) is 0 Å². The van der Waals surface area contributed by atoms with Crippen molar-refractivity contribution in [2.75, 3.05) is 45.4 Å². The van der Waals surface area contributed by atoms with Crippen LogP contribution in [0.25, 0.3) is 0 Å². The Morgan fingerprint density at radius 2 is 2.23 bits per heavy atom. The molecule has 13 heavy (non-hydrogen) atoms. The predicted octanol–water partition coefficient (Wildman–Crippen LogP) is 0.327. The van der Waals surface area contributed by atoms with Crippen molar-refractivity contribution in [1.82, 2.24) is 9.80 Å². The summed E-state index contributed by atoms with van der Waals surface area (Å²) in [6.45, 7) is 3.64. The second-order valence-electron chi connectivity index (χ2n) is 3.80. The molecule has 0 aromatic heterocycles.